The van der Waals surface area contributed by atoms with Gasteiger partial charge in [-0.25, -0.2) is 0 Å². The van der Waals surface area contributed by atoms with Crippen molar-refractivity contribution in [2.75, 3.05) is 19.0 Å². The molecule has 0 spiro atoms. The number of amides is 1. The topological polar surface area (TPSA) is 86.5 Å². The summed E-state index contributed by atoms with van der Waals surface area (Å²) in [7, 11) is 1.57. The van der Waals surface area contributed by atoms with Gasteiger partial charge >= 0.3 is 0 Å². The van der Waals surface area contributed by atoms with Gasteiger partial charge in [-0.15, -0.1) is 0 Å². The number of rotatable bonds is 7. The molecule has 122 valence electrons. The van der Waals surface area contributed by atoms with E-state index in [9.17, 15) is 4.79 Å². The van der Waals surface area contributed by atoms with Crippen LogP contribution >= 0.6 is 0 Å². The van der Waals surface area contributed by atoms with Crippen LogP contribution in [0, 0.1) is 5.92 Å². The largest absolute Gasteiger partial charge is 0.493 e. The van der Waals surface area contributed by atoms with Gasteiger partial charge in [0.05, 0.1) is 7.11 Å². The number of carbonyl (C=O) groups excluding carboxylic acids is 1. The molecule has 3 N–H and O–H groups in total. The van der Waals surface area contributed by atoms with E-state index < -0.39 is 0 Å². The summed E-state index contributed by atoms with van der Waals surface area (Å²) >= 11 is 0. The molecule has 1 heterocycles. The number of hydrogen-bond acceptors (Lipinski definition) is 5. The third kappa shape index (κ3) is 4.69. The Morgan fingerprint density at radius 3 is 2.83 bits per heavy atom. The van der Waals surface area contributed by atoms with Crippen molar-refractivity contribution < 1.29 is 14.3 Å². The standard InChI is InChI=1S/C17H21N3O3/c1-12(9-18)17(21)20-14-5-6-15(22-2)16(8-14)23-11-13-4-3-7-19-10-13/h3-8,10,12H,9,11,18H2,1-2H3,(H,20,21). The zero-order chi connectivity index (χ0) is 16.7. The Labute approximate surface area is 135 Å². The maximum absolute atomic E-state index is 11.9. The number of nitrogens with zero attached hydrogens (tertiary/aromatic N) is 1. The van der Waals surface area contributed by atoms with Gasteiger partial charge in [0.2, 0.25) is 5.91 Å². The Bertz CT molecular complexity index is 647. The Balaban J connectivity index is 2.10. The fourth-order valence-electron chi connectivity index (χ4n) is 1.88. The summed E-state index contributed by atoms with van der Waals surface area (Å²) in [6.45, 7) is 2.44. The average Bonchev–Trinajstić information content (AvgIpc) is 2.60. The van der Waals surface area contributed by atoms with Crippen LogP contribution < -0.4 is 20.5 Å². The maximum atomic E-state index is 11.9. The highest BCUT2D eigenvalue weighted by Gasteiger charge is 2.13. The van der Waals surface area contributed by atoms with Gasteiger partial charge in [-0.2, -0.15) is 0 Å². The lowest BCUT2D eigenvalue weighted by molar-refractivity contribution is -0.119. The zero-order valence-electron chi connectivity index (χ0n) is 13.3. The van der Waals surface area contributed by atoms with Crippen LogP contribution in [0.15, 0.2) is 42.7 Å². The molecule has 2 aromatic rings. The van der Waals surface area contributed by atoms with E-state index in [0.29, 0.717) is 30.3 Å². The van der Waals surface area contributed by atoms with Crippen molar-refractivity contribution in [2.45, 2.75) is 13.5 Å². The van der Waals surface area contributed by atoms with Gasteiger partial charge in [0.15, 0.2) is 11.5 Å². The first-order valence-electron chi connectivity index (χ1n) is 7.34. The lowest BCUT2D eigenvalue weighted by Crippen LogP contribution is -2.26. The van der Waals surface area contributed by atoms with Gasteiger partial charge in [-0.3, -0.25) is 9.78 Å². The van der Waals surface area contributed by atoms with Crippen LogP contribution in [0.1, 0.15) is 12.5 Å². The van der Waals surface area contributed by atoms with Crippen LogP contribution in [-0.4, -0.2) is 24.5 Å². The zero-order valence-corrected chi connectivity index (χ0v) is 13.3. The second-order valence-corrected chi connectivity index (χ2v) is 5.14. The van der Waals surface area contributed by atoms with E-state index in [1.54, 1.807) is 44.6 Å². The summed E-state index contributed by atoms with van der Waals surface area (Å²) in [5.41, 5.74) is 7.08. The van der Waals surface area contributed by atoms with E-state index in [1.807, 2.05) is 12.1 Å². The summed E-state index contributed by atoms with van der Waals surface area (Å²) in [6, 6.07) is 9.02. The predicted molar refractivity (Wildman–Crippen MR) is 88.4 cm³/mol. The monoisotopic (exact) mass is 315 g/mol. The number of nitrogens with two attached hydrogens (primary N) is 1. The Morgan fingerprint density at radius 1 is 1.35 bits per heavy atom. The van der Waals surface area contributed by atoms with Gasteiger partial charge in [0.25, 0.3) is 0 Å². The maximum Gasteiger partial charge on any atom is 0.228 e. The lowest BCUT2D eigenvalue weighted by Gasteiger charge is -2.14. The van der Waals surface area contributed by atoms with Gasteiger partial charge in [0, 0.05) is 42.2 Å². The molecule has 0 aliphatic heterocycles. The molecule has 1 aromatic carbocycles. The van der Waals surface area contributed by atoms with Crippen molar-refractivity contribution in [1.82, 2.24) is 4.98 Å². The highest BCUT2D eigenvalue weighted by Crippen LogP contribution is 2.31. The molecule has 0 bridgehead atoms. The van der Waals surface area contributed by atoms with Crippen molar-refractivity contribution in [3.63, 3.8) is 0 Å². The third-order valence-corrected chi connectivity index (χ3v) is 3.35. The first-order valence-corrected chi connectivity index (χ1v) is 7.34. The second-order valence-electron chi connectivity index (χ2n) is 5.14. The van der Waals surface area contributed by atoms with E-state index in [2.05, 4.69) is 10.3 Å². The molecule has 1 atom stereocenters. The number of ether oxygens (including phenoxy) is 2. The van der Waals surface area contributed by atoms with Crippen molar-refractivity contribution in [3.8, 4) is 11.5 Å². The Hall–Kier alpha value is -2.60. The lowest BCUT2D eigenvalue weighted by atomic mass is 10.1. The first kappa shape index (κ1) is 16.8. The number of nitrogens with one attached hydrogen (secondary N) is 1. The number of aromatic nitrogens is 1. The van der Waals surface area contributed by atoms with Crippen LogP contribution in [0.25, 0.3) is 0 Å². The van der Waals surface area contributed by atoms with E-state index >= 15 is 0 Å². The van der Waals surface area contributed by atoms with E-state index in [4.69, 9.17) is 15.2 Å². The summed E-state index contributed by atoms with van der Waals surface area (Å²) in [5.74, 6) is 0.765. The van der Waals surface area contributed by atoms with E-state index in [-0.39, 0.29) is 11.8 Å². The van der Waals surface area contributed by atoms with Crippen LogP contribution in [0.5, 0.6) is 11.5 Å². The summed E-state index contributed by atoms with van der Waals surface area (Å²) in [6.07, 6.45) is 3.44. The number of methoxy groups -OCH3 is 1. The molecular weight excluding hydrogens is 294 g/mol. The molecule has 0 saturated heterocycles. The van der Waals surface area contributed by atoms with Crippen molar-refractivity contribution in [2.24, 2.45) is 11.7 Å². The molecular formula is C17H21N3O3. The van der Waals surface area contributed by atoms with Gasteiger partial charge in [-0.05, 0) is 18.2 Å². The molecule has 6 heteroatoms. The van der Waals surface area contributed by atoms with Gasteiger partial charge < -0.3 is 20.5 Å². The molecule has 0 radical (unpaired) electrons. The quantitative estimate of drug-likeness (QED) is 0.818. The number of anilines is 1. The van der Waals surface area contributed by atoms with Crippen LogP contribution in [0.4, 0.5) is 5.69 Å². The molecule has 23 heavy (non-hydrogen) atoms. The van der Waals surface area contributed by atoms with Gasteiger partial charge in [-0.1, -0.05) is 13.0 Å². The molecule has 1 aromatic heterocycles. The van der Waals surface area contributed by atoms with Crippen molar-refractivity contribution in [1.29, 1.82) is 0 Å². The summed E-state index contributed by atoms with van der Waals surface area (Å²) in [5, 5.41) is 2.82. The molecule has 0 aliphatic carbocycles. The van der Waals surface area contributed by atoms with Crippen LogP contribution in [0.2, 0.25) is 0 Å². The Kier molecular flexibility index (Phi) is 5.94. The minimum absolute atomic E-state index is 0.129. The number of carbonyl (C=O) groups is 1. The molecule has 1 amide bonds. The fourth-order valence-corrected chi connectivity index (χ4v) is 1.88. The minimum Gasteiger partial charge on any atom is -0.493 e. The first-order chi connectivity index (χ1) is 11.1. The summed E-state index contributed by atoms with van der Waals surface area (Å²) in [4.78, 5) is 16.0. The molecule has 0 fully saturated rings. The highest BCUT2D eigenvalue weighted by molar-refractivity contribution is 5.92. The third-order valence-electron chi connectivity index (χ3n) is 3.35. The van der Waals surface area contributed by atoms with Crippen LogP contribution in [0.3, 0.4) is 0 Å². The molecule has 6 nitrogen and oxygen atoms in total. The smallest absolute Gasteiger partial charge is 0.228 e. The van der Waals surface area contributed by atoms with Gasteiger partial charge in [0.1, 0.15) is 6.61 Å². The SMILES string of the molecule is COc1ccc(NC(=O)C(C)CN)cc1OCc1cccnc1. The van der Waals surface area contributed by atoms with Crippen molar-refractivity contribution in [3.05, 3.63) is 48.3 Å². The highest BCUT2D eigenvalue weighted by atomic mass is 16.5. The molecule has 2 rings (SSSR count). The molecule has 0 aliphatic rings. The number of benzene rings is 1. The van der Waals surface area contributed by atoms with E-state index in [1.165, 1.54) is 0 Å². The Morgan fingerprint density at radius 2 is 2.17 bits per heavy atom. The molecule has 0 saturated carbocycles. The van der Waals surface area contributed by atoms with Crippen molar-refractivity contribution >= 4 is 11.6 Å². The normalized spacial score (nSPS) is 11.6. The van der Waals surface area contributed by atoms with Crippen LogP contribution in [-0.2, 0) is 11.4 Å². The van der Waals surface area contributed by atoms with E-state index in [0.717, 1.165) is 5.56 Å². The second kappa shape index (κ2) is 8.14. The number of pyridine rings is 1. The summed E-state index contributed by atoms with van der Waals surface area (Å²) < 4.78 is 11.1. The fraction of sp³-hybridized carbons (Fsp3) is 0.294. The average molecular weight is 315 g/mol. The molecule has 1 unspecified atom stereocenters. The predicted octanol–water partition coefficient (Wildman–Crippen LogP) is 2.20. The number of hydrogen-bond donors (Lipinski definition) is 2. The minimum atomic E-state index is -0.253.